The van der Waals surface area contributed by atoms with Crippen LogP contribution >= 0.6 is 11.6 Å². The van der Waals surface area contributed by atoms with E-state index in [0.29, 0.717) is 18.9 Å². The number of carbonyl (C=O) groups excluding carboxylic acids is 1. The fourth-order valence-electron chi connectivity index (χ4n) is 2.80. The van der Waals surface area contributed by atoms with Gasteiger partial charge >= 0.3 is 0 Å². The van der Waals surface area contributed by atoms with Crippen LogP contribution in [0.5, 0.6) is 0 Å². The minimum Gasteiger partial charge on any atom is -0.356 e. The zero-order valence-electron chi connectivity index (χ0n) is 16.3. The fraction of sp³-hybridized carbons (Fsp3) is 0.632. The van der Waals surface area contributed by atoms with E-state index in [9.17, 15) is 17.6 Å². The predicted molar refractivity (Wildman–Crippen MR) is 109 cm³/mol. The molecule has 1 amide bonds. The highest BCUT2D eigenvalue weighted by Crippen LogP contribution is 2.24. The first-order valence-electron chi connectivity index (χ1n) is 9.38. The van der Waals surface area contributed by atoms with Gasteiger partial charge in [-0.1, -0.05) is 44.7 Å². The lowest BCUT2D eigenvalue weighted by Crippen LogP contribution is -2.33. The molecular weight excluding hydrogens is 391 g/mol. The van der Waals surface area contributed by atoms with Crippen molar-refractivity contribution in [2.24, 2.45) is 5.92 Å². The molecule has 0 saturated carbocycles. The van der Waals surface area contributed by atoms with Crippen molar-refractivity contribution in [2.45, 2.75) is 52.4 Å². The van der Waals surface area contributed by atoms with Crippen LogP contribution in [0.2, 0.25) is 5.02 Å². The summed E-state index contributed by atoms with van der Waals surface area (Å²) in [5.74, 6) is -0.222. The molecule has 0 aliphatic carbocycles. The van der Waals surface area contributed by atoms with Gasteiger partial charge in [-0.25, -0.2) is 12.8 Å². The number of rotatable bonds is 12. The summed E-state index contributed by atoms with van der Waals surface area (Å²) in [5, 5.41) is 2.79. The SMILES string of the molecule is CCCC[C@@H](CC)CNC(=O)CCCN(c1ccc(F)c(Cl)c1)S(C)(=O)=O. The maximum absolute atomic E-state index is 13.3. The molecule has 0 spiro atoms. The summed E-state index contributed by atoms with van der Waals surface area (Å²) in [6.07, 6.45) is 6.07. The molecule has 0 aliphatic heterocycles. The molecule has 8 heteroatoms. The maximum atomic E-state index is 13.3. The molecule has 0 fully saturated rings. The van der Waals surface area contributed by atoms with E-state index in [1.165, 1.54) is 12.1 Å². The van der Waals surface area contributed by atoms with Crippen LogP contribution in [0.15, 0.2) is 18.2 Å². The summed E-state index contributed by atoms with van der Waals surface area (Å²) < 4.78 is 38.6. The highest BCUT2D eigenvalue weighted by Gasteiger charge is 2.19. The Labute approximate surface area is 167 Å². The van der Waals surface area contributed by atoms with Gasteiger partial charge < -0.3 is 5.32 Å². The van der Waals surface area contributed by atoms with Gasteiger partial charge in [0.2, 0.25) is 15.9 Å². The monoisotopic (exact) mass is 420 g/mol. The van der Waals surface area contributed by atoms with Crippen molar-refractivity contribution in [3.8, 4) is 0 Å². The highest BCUT2D eigenvalue weighted by atomic mass is 35.5. The van der Waals surface area contributed by atoms with Crippen LogP contribution in [-0.4, -0.2) is 33.7 Å². The Kier molecular flexibility index (Phi) is 10.1. The Balaban J connectivity index is 2.57. The lowest BCUT2D eigenvalue weighted by atomic mass is 9.99. The van der Waals surface area contributed by atoms with E-state index < -0.39 is 15.8 Å². The Morgan fingerprint density at radius 3 is 2.56 bits per heavy atom. The molecule has 0 bridgehead atoms. The van der Waals surface area contributed by atoms with Crippen molar-refractivity contribution in [2.75, 3.05) is 23.7 Å². The lowest BCUT2D eigenvalue weighted by molar-refractivity contribution is -0.121. The lowest BCUT2D eigenvalue weighted by Gasteiger charge is -2.22. The summed E-state index contributed by atoms with van der Waals surface area (Å²) in [7, 11) is -3.56. The Hall–Kier alpha value is -1.34. The van der Waals surface area contributed by atoms with Gasteiger partial charge in [0, 0.05) is 19.5 Å². The normalized spacial score (nSPS) is 12.6. The van der Waals surface area contributed by atoms with Crippen molar-refractivity contribution in [1.29, 1.82) is 0 Å². The smallest absolute Gasteiger partial charge is 0.232 e. The number of hydrogen-bond donors (Lipinski definition) is 1. The molecule has 1 aromatic carbocycles. The molecule has 0 aromatic heterocycles. The van der Waals surface area contributed by atoms with Crippen molar-refractivity contribution in [1.82, 2.24) is 5.32 Å². The summed E-state index contributed by atoms with van der Waals surface area (Å²) in [4.78, 5) is 12.1. The van der Waals surface area contributed by atoms with Gasteiger partial charge in [0.15, 0.2) is 0 Å². The van der Waals surface area contributed by atoms with E-state index in [1.807, 2.05) is 0 Å². The predicted octanol–water partition coefficient (Wildman–Crippen LogP) is 4.36. The third-order valence-corrected chi connectivity index (χ3v) is 5.97. The number of amides is 1. The van der Waals surface area contributed by atoms with Crippen LogP contribution < -0.4 is 9.62 Å². The van der Waals surface area contributed by atoms with E-state index in [0.717, 1.165) is 42.3 Å². The molecule has 1 N–H and O–H groups in total. The van der Waals surface area contributed by atoms with Crippen LogP contribution in [0.1, 0.15) is 52.4 Å². The quantitative estimate of drug-likeness (QED) is 0.546. The number of halogens is 2. The van der Waals surface area contributed by atoms with Gasteiger partial charge in [0.1, 0.15) is 5.82 Å². The zero-order chi connectivity index (χ0) is 20.4. The number of unbranched alkanes of at least 4 members (excludes halogenated alkanes) is 1. The second kappa shape index (κ2) is 11.5. The molecule has 0 unspecified atom stereocenters. The second-order valence-corrected chi connectivity index (χ2v) is 9.07. The minimum absolute atomic E-state index is 0.0875. The molecule has 5 nitrogen and oxygen atoms in total. The number of benzene rings is 1. The molecule has 0 radical (unpaired) electrons. The first kappa shape index (κ1) is 23.7. The average molecular weight is 421 g/mol. The van der Waals surface area contributed by atoms with E-state index in [2.05, 4.69) is 19.2 Å². The first-order valence-corrected chi connectivity index (χ1v) is 11.6. The minimum atomic E-state index is -3.56. The standard InChI is InChI=1S/C19H30ClFN2O3S/c1-4-6-8-15(5-2)14-22-19(24)9-7-12-23(27(3,25)26)16-10-11-18(21)17(20)13-16/h10-11,13,15H,4-9,12,14H2,1-3H3,(H,22,24)/t15-/m1/s1. The second-order valence-electron chi connectivity index (χ2n) is 6.76. The molecule has 0 heterocycles. The average Bonchev–Trinajstić information content (AvgIpc) is 2.60. The third-order valence-electron chi connectivity index (χ3n) is 4.49. The number of sulfonamides is 1. The third kappa shape index (κ3) is 8.47. The van der Waals surface area contributed by atoms with Crippen molar-refractivity contribution >= 4 is 33.2 Å². The van der Waals surface area contributed by atoms with Gasteiger partial charge in [0.05, 0.1) is 17.0 Å². The number of carbonyl (C=O) groups is 1. The summed E-state index contributed by atoms with van der Waals surface area (Å²) >= 11 is 5.75. The van der Waals surface area contributed by atoms with E-state index in [-0.39, 0.29) is 29.6 Å². The topological polar surface area (TPSA) is 66.5 Å². The number of hydrogen-bond acceptors (Lipinski definition) is 3. The van der Waals surface area contributed by atoms with Crippen LogP contribution in [-0.2, 0) is 14.8 Å². The van der Waals surface area contributed by atoms with Gasteiger partial charge in [-0.2, -0.15) is 0 Å². The van der Waals surface area contributed by atoms with Gasteiger partial charge in [0.25, 0.3) is 0 Å². The summed E-state index contributed by atoms with van der Waals surface area (Å²) in [6, 6.07) is 3.77. The molecule has 1 rings (SSSR count). The molecule has 154 valence electrons. The number of nitrogens with zero attached hydrogens (tertiary/aromatic N) is 1. The fourth-order valence-corrected chi connectivity index (χ4v) is 3.93. The Bertz CT molecular complexity index is 713. The summed E-state index contributed by atoms with van der Waals surface area (Å²) in [6.45, 7) is 5.04. The Morgan fingerprint density at radius 2 is 2.00 bits per heavy atom. The number of anilines is 1. The van der Waals surface area contributed by atoms with E-state index >= 15 is 0 Å². The number of nitrogens with one attached hydrogen (secondary N) is 1. The molecule has 1 atom stereocenters. The zero-order valence-corrected chi connectivity index (χ0v) is 17.9. The largest absolute Gasteiger partial charge is 0.356 e. The molecule has 1 aromatic rings. The van der Waals surface area contributed by atoms with Crippen LogP contribution in [0.4, 0.5) is 10.1 Å². The van der Waals surface area contributed by atoms with Crippen LogP contribution in [0, 0.1) is 11.7 Å². The van der Waals surface area contributed by atoms with Crippen LogP contribution in [0.25, 0.3) is 0 Å². The molecular formula is C19H30ClFN2O3S. The van der Waals surface area contributed by atoms with Gasteiger partial charge in [-0.3, -0.25) is 9.10 Å². The Morgan fingerprint density at radius 1 is 1.30 bits per heavy atom. The maximum Gasteiger partial charge on any atom is 0.232 e. The van der Waals surface area contributed by atoms with Crippen LogP contribution in [0.3, 0.4) is 0 Å². The molecule has 27 heavy (non-hydrogen) atoms. The van der Waals surface area contributed by atoms with Gasteiger partial charge in [-0.05, 0) is 37.0 Å². The molecule has 0 aliphatic rings. The highest BCUT2D eigenvalue weighted by molar-refractivity contribution is 7.92. The van der Waals surface area contributed by atoms with Crippen molar-refractivity contribution in [3.63, 3.8) is 0 Å². The van der Waals surface area contributed by atoms with Crippen molar-refractivity contribution < 1.29 is 17.6 Å². The summed E-state index contributed by atoms with van der Waals surface area (Å²) in [5.41, 5.74) is 0.287. The first-order chi connectivity index (χ1) is 12.7. The van der Waals surface area contributed by atoms with Crippen molar-refractivity contribution in [3.05, 3.63) is 29.0 Å². The molecule has 0 saturated heterocycles. The van der Waals surface area contributed by atoms with Gasteiger partial charge in [-0.15, -0.1) is 0 Å². The van der Waals surface area contributed by atoms with E-state index in [1.54, 1.807) is 0 Å². The van der Waals surface area contributed by atoms with E-state index in [4.69, 9.17) is 11.6 Å².